The molecular formula is C62H69F5N28O27P6S6. The van der Waals surface area contributed by atoms with Crippen LogP contribution < -0.4 is 51.1 Å². The number of imidazole rings is 4. The van der Waals surface area contributed by atoms with Crippen LogP contribution in [0.2, 0.25) is 0 Å². The zero-order valence-corrected chi connectivity index (χ0v) is 77.3. The van der Waals surface area contributed by atoms with Crippen molar-refractivity contribution in [1.29, 1.82) is 0 Å². The van der Waals surface area contributed by atoms with Crippen molar-refractivity contribution in [3.8, 4) is 0 Å². The third kappa shape index (κ3) is 18.9. The first-order chi connectivity index (χ1) is 63.5. The molecule has 55 nitrogen and oxygen atoms in total. The van der Waals surface area contributed by atoms with E-state index >= 15 is 13.2 Å². The van der Waals surface area contributed by atoms with Crippen molar-refractivity contribution in [3.63, 3.8) is 0 Å². The van der Waals surface area contributed by atoms with Gasteiger partial charge in [0.15, 0.2) is 105 Å². The van der Waals surface area contributed by atoms with Crippen LogP contribution in [0.1, 0.15) is 62.2 Å². The van der Waals surface area contributed by atoms with E-state index in [0.29, 0.717) is 11.3 Å². The Labute approximate surface area is 771 Å². The van der Waals surface area contributed by atoms with Crippen LogP contribution in [0, 0.1) is 11.6 Å². The molecule has 0 amide bonds. The maximum atomic E-state index is 15.9. The van der Waals surface area contributed by atoms with Gasteiger partial charge in [-0.25, -0.2) is 75.9 Å². The number of H-pyrrole nitrogens is 3. The molecule has 20 N–H and O–H groups in total. The van der Waals surface area contributed by atoms with Gasteiger partial charge in [-0.1, -0.05) is 12.2 Å². The maximum absolute atomic E-state index is 15.9. The maximum Gasteiger partial charge on any atom is 0.386 e. The van der Waals surface area contributed by atoms with Gasteiger partial charge in [0.05, 0.1) is 99.6 Å². The largest absolute Gasteiger partial charge is 0.386 e. The van der Waals surface area contributed by atoms with Gasteiger partial charge in [-0.3, -0.25) is 61.1 Å². The molecule has 0 aromatic carbocycles. The number of thiol groups is 1. The number of aromatic amines is 3. The molecular weight excluding hydrogens is 2040 g/mol. The molecule has 9 aliphatic heterocycles. The average molecular weight is 2110 g/mol. The summed E-state index contributed by atoms with van der Waals surface area (Å²) in [6, 6.07) is 0. The Balaban J connectivity index is 0.000000129. The van der Waals surface area contributed by atoms with Crippen LogP contribution in [-0.2, 0) is 146 Å². The van der Waals surface area contributed by atoms with Gasteiger partial charge in [-0.2, -0.15) is 20.1 Å². The van der Waals surface area contributed by atoms with Crippen molar-refractivity contribution < 1.29 is 134 Å². The second-order valence-corrected chi connectivity index (χ2v) is 47.3. The number of hydrogen-bond donors (Lipinski definition) is 15. The zero-order chi connectivity index (χ0) is 94.6. The molecule has 9 saturated heterocycles. The highest BCUT2D eigenvalue weighted by Gasteiger charge is 2.57. The highest BCUT2D eigenvalue weighted by Crippen LogP contribution is 2.61. The first-order valence-corrected chi connectivity index (χ1v) is 54.6. The SMILES string of the molecule is Nc1nc2c(ncn2[C@@H]2O[C@@H]3COP(O)(=S)O[C@H]4C[C@H](c5cnc6c(N)ncnn56)O[C@@H]4COP(=O)(S)O[C@@H]2[C@@H]3F)c(=O)[nH]1.Nc1nc2c(ncn2[C@@H]2O[C@@H]3COP(O)(=S)O[C@H]4C[C@H](n5cc(F)c6c(N)ncnc65)O[C@@H]4COP(O)(=S)O[C@@H]2[C@@H]3F)c(=O)[nH]1.Nc1nc2c(ncn2[C@@H]2O[C@@H]3COP(O)(=S)O[C@H]4C[C@H](n5cc(F)c6c(N)ncnc65)O[C@@H]4COP(O)(=S)O[C@@H]2[C@@H]3F)c(=O)[nH]1. The Bertz CT molecular complexity index is 6870. The van der Waals surface area contributed by atoms with Crippen molar-refractivity contribution in [1.82, 2.24) is 107 Å². The number of anilines is 6. The molecule has 0 saturated carbocycles. The number of rotatable bonds is 6. The second kappa shape index (κ2) is 36.4. The van der Waals surface area contributed by atoms with Crippen molar-refractivity contribution in [3.05, 3.63) is 105 Å². The molecule has 21 heterocycles. The van der Waals surface area contributed by atoms with Crippen LogP contribution >= 0.6 is 52.6 Å². The van der Waals surface area contributed by atoms with Gasteiger partial charge in [0.25, 0.3) is 16.7 Å². The van der Waals surface area contributed by atoms with E-state index < -0.39 is 237 Å². The predicted octanol–water partition coefficient (Wildman–Crippen LogP) is 1.84. The molecule has 9 fully saturated rings. The first kappa shape index (κ1) is 95.1. The summed E-state index contributed by atoms with van der Waals surface area (Å²) in [6.45, 7) is -28.3. The number of nitrogens with two attached hydrogens (primary N) is 6. The first-order valence-electron chi connectivity index (χ1n) is 38.9. The number of alkyl halides is 3. The Kier molecular flexibility index (Phi) is 25.9. The number of nitrogens with zero attached hydrogens (tertiary/aromatic N) is 19. The fraction of sp³-hybridized carbons (Fsp3) is 0.484. The highest BCUT2D eigenvalue weighted by atomic mass is 32.7. The van der Waals surface area contributed by atoms with Crippen LogP contribution in [-0.4, -0.2) is 263 Å². The number of fused-ring (bicyclic) bond motifs is 15. The van der Waals surface area contributed by atoms with Crippen LogP contribution in [0.15, 0.2) is 70.9 Å². The Morgan fingerprint density at radius 2 is 0.754 bits per heavy atom. The Morgan fingerprint density at radius 1 is 0.403 bits per heavy atom. The number of nitrogens with one attached hydrogen (secondary N) is 3. The lowest BCUT2D eigenvalue weighted by atomic mass is 10.1. The summed E-state index contributed by atoms with van der Waals surface area (Å²) < 4.78 is 201. The number of nitrogen functional groups attached to an aromatic ring is 6. The molecule has 134 heavy (non-hydrogen) atoms. The fourth-order valence-electron chi connectivity index (χ4n) is 16.1. The average Bonchev–Trinajstić information content (AvgIpc) is 1.62. The van der Waals surface area contributed by atoms with Crippen LogP contribution in [0.3, 0.4) is 0 Å². The predicted molar refractivity (Wildman–Crippen MR) is 466 cm³/mol. The van der Waals surface area contributed by atoms with Crippen LogP contribution in [0.25, 0.3) is 61.2 Å². The lowest BCUT2D eigenvalue weighted by Crippen LogP contribution is -2.32. The van der Waals surface area contributed by atoms with Crippen molar-refractivity contribution in [2.45, 2.75) is 148 Å². The zero-order valence-electron chi connectivity index (χ0n) is 66.9. The molecule has 27 atom stereocenters. The summed E-state index contributed by atoms with van der Waals surface area (Å²) in [6.07, 6.45) is -17.3. The molecule has 6 unspecified atom stereocenters. The monoisotopic (exact) mass is 2110 g/mol. The van der Waals surface area contributed by atoms with Gasteiger partial charge < -0.3 is 133 Å². The van der Waals surface area contributed by atoms with E-state index in [1.165, 1.54) is 39.9 Å². The standard InChI is InChI=1S/2C21H23F2N9O9P2S2.C20H23FN10O9P2S2/c2*22-7-2-31(17-12(7)16(24)26-5-27-17)11-1-8-9(38-11)3-36-43(35,45)41-15-13(23)10(4-37-42(34,44)40-8)39-20(15)32-6-28-14-18(32)29-21(25)30-19(14)33;21-12-11-4-36-41(33,43)39-9-1-8(7-2-24-17-15(22)25-5-27-31(7)17)37-10(9)3-35-42(34,44)40-14(12)19(38-11)30-6-26-13-16(30)28-20(23)29-18(13)32/h2*2,5-6,8-11,13,15,20H,1,3-4H2,(H,34,44)(H,35,45)(H2,24,26,27)(H3,25,29,30,33);2,5-6,8-12,14,19H,1,3-4H2,(H,33,43)(H,34,44)(H2,22,25,27)(H3,23,28,29,32)/t2*8-,9+,10+,11+,13+,15+,20+,42?,43?;8-,9+,10-,11-,12-,14-,19-,41?,42?/m001/s1. The molecule has 72 heteroatoms. The van der Waals surface area contributed by atoms with Gasteiger partial charge in [0, 0.05) is 31.7 Å². The van der Waals surface area contributed by atoms with Gasteiger partial charge in [-0.15, -0.1) is 0 Å². The summed E-state index contributed by atoms with van der Waals surface area (Å²) in [4.78, 5) is 147. The van der Waals surface area contributed by atoms with Gasteiger partial charge >= 0.3 is 40.4 Å². The molecule has 0 aliphatic carbocycles. The molecule has 0 radical (unpaired) electrons. The molecule has 12 aromatic heterocycles. The third-order valence-electron chi connectivity index (χ3n) is 22.0. The summed E-state index contributed by atoms with van der Waals surface area (Å²) in [5.41, 5.74) is 33.1. The molecule has 9 aliphatic rings. The Morgan fingerprint density at radius 3 is 1.16 bits per heavy atom. The van der Waals surface area contributed by atoms with E-state index in [1.54, 1.807) is 0 Å². The van der Waals surface area contributed by atoms with E-state index in [9.17, 15) is 52.2 Å². The van der Waals surface area contributed by atoms with E-state index in [-0.39, 0.29) is 110 Å². The fourth-order valence-corrected chi connectivity index (χ4v) is 24.8. The van der Waals surface area contributed by atoms with E-state index in [1.807, 2.05) is 0 Å². The summed E-state index contributed by atoms with van der Waals surface area (Å²) in [5.74, 6) is -2.12. The van der Waals surface area contributed by atoms with Crippen molar-refractivity contribution >= 4 is 208 Å². The van der Waals surface area contributed by atoms with E-state index in [4.69, 9.17) is 176 Å². The lowest BCUT2D eigenvalue weighted by molar-refractivity contribution is -0.0596. The van der Waals surface area contributed by atoms with Gasteiger partial charge in [-0.05, 0) is 59.0 Å². The molecule has 12 aromatic rings. The minimum absolute atomic E-state index is 0.0159. The molecule has 0 spiro atoms. The number of aromatic nitrogens is 22. The minimum atomic E-state index is -4.34. The summed E-state index contributed by atoms with van der Waals surface area (Å²) in [7, 11) is 0. The minimum Gasteiger partial charge on any atom is -0.383 e. The van der Waals surface area contributed by atoms with Gasteiger partial charge in [0.1, 0.15) is 104 Å². The third-order valence-corrected chi connectivity index (χ3v) is 31.5. The van der Waals surface area contributed by atoms with Crippen LogP contribution in [0.4, 0.5) is 57.3 Å². The van der Waals surface area contributed by atoms with Crippen molar-refractivity contribution in [2.75, 3.05) is 74.0 Å². The number of halogens is 5. The normalized spacial score (nSPS) is 36.2. The quantitative estimate of drug-likeness (QED) is 0.0641. The molecule has 720 valence electrons. The van der Waals surface area contributed by atoms with Crippen LogP contribution in [0.5, 0.6) is 0 Å². The molecule has 21 rings (SSSR count). The second-order valence-electron chi connectivity index (χ2n) is 30.5. The molecule has 6 bridgehead atoms. The highest BCUT2D eigenvalue weighted by molar-refractivity contribution is 8.44. The Hall–Kier alpha value is -7.80. The smallest absolute Gasteiger partial charge is 0.383 e. The van der Waals surface area contributed by atoms with Gasteiger partial charge in [0.2, 0.25) is 17.8 Å². The lowest BCUT2D eigenvalue weighted by Gasteiger charge is -2.27. The number of ether oxygens (including phenoxy) is 6. The summed E-state index contributed by atoms with van der Waals surface area (Å²) >= 11 is 30.1. The van der Waals surface area contributed by atoms with Crippen molar-refractivity contribution in [2.24, 2.45) is 0 Å². The van der Waals surface area contributed by atoms with E-state index in [2.05, 4.69) is 92.1 Å². The topological polar surface area (TPSA) is 736 Å². The summed E-state index contributed by atoms with van der Waals surface area (Å²) in [5, 5.41) is 4.13. The van der Waals surface area contributed by atoms with E-state index in [0.717, 1.165) is 44.0 Å². The number of hydrogen-bond acceptors (Lipinski definition) is 46.